The number of benzene rings is 1. The number of esters is 1. The quantitative estimate of drug-likeness (QED) is 0.800. The number of hydrogen-bond donors (Lipinski definition) is 1. The molecule has 0 radical (unpaired) electrons. The number of ether oxygens (including phenoxy) is 1. The highest BCUT2D eigenvalue weighted by Gasteiger charge is 2.01. The van der Waals surface area contributed by atoms with Gasteiger partial charge in [-0.2, -0.15) is 0 Å². The van der Waals surface area contributed by atoms with E-state index in [4.69, 9.17) is 9.84 Å². The fraction of sp³-hybridized carbons (Fsp3) is 0.462. The first-order chi connectivity index (χ1) is 7.72. The summed E-state index contributed by atoms with van der Waals surface area (Å²) < 4.78 is 4.80. The summed E-state index contributed by atoms with van der Waals surface area (Å²) in [5.74, 6) is 0.0606. The Hall–Kier alpha value is -1.51. The largest absolute Gasteiger partial charge is 0.508 e. The molecule has 1 aromatic carbocycles. The summed E-state index contributed by atoms with van der Waals surface area (Å²) in [7, 11) is 0. The molecule has 0 saturated heterocycles. The third-order valence-corrected chi connectivity index (χ3v) is 1.86. The molecule has 0 aliphatic carbocycles. The van der Waals surface area contributed by atoms with Crippen LogP contribution in [0.1, 0.15) is 32.8 Å². The SMILES string of the molecule is CC.CCOC(=O)CCc1ccc(O)cc1. The standard InChI is InChI=1S/C11H14O3.C2H6/c1-2-14-11(13)8-5-9-3-6-10(12)7-4-9;1-2/h3-4,6-7,12H,2,5,8H2,1H3;1-2H3. The molecule has 0 aromatic heterocycles. The van der Waals surface area contributed by atoms with Gasteiger partial charge in [0.2, 0.25) is 0 Å². The Kier molecular flexibility index (Phi) is 7.94. The zero-order valence-corrected chi connectivity index (χ0v) is 10.2. The molecule has 0 aliphatic heterocycles. The fourth-order valence-corrected chi connectivity index (χ4v) is 1.14. The van der Waals surface area contributed by atoms with Crippen molar-refractivity contribution in [3.63, 3.8) is 0 Å². The van der Waals surface area contributed by atoms with E-state index in [1.165, 1.54) is 0 Å². The van der Waals surface area contributed by atoms with Crippen LogP contribution in [0.2, 0.25) is 0 Å². The second kappa shape index (κ2) is 8.77. The molecule has 3 nitrogen and oxygen atoms in total. The van der Waals surface area contributed by atoms with Crippen LogP contribution in [-0.4, -0.2) is 17.7 Å². The van der Waals surface area contributed by atoms with E-state index in [1.54, 1.807) is 31.2 Å². The second-order valence-electron chi connectivity index (χ2n) is 2.97. The molecule has 1 rings (SSSR count). The van der Waals surface area contributed by atoms with E-state index in [0.717, 1.165) is 5.56 Å². The van der Waals surface area contributed by atoms with Gasteiger partial charge in [0.15, 0.2) is 0 Å². The molecule has 1 N–H and O–H groups in total. The van der Waals surface area contributed by atoms with Crippen molar-refractivity contribution in [2.45, 2.75) is 33.6 Å². The van der Waals surface area contributed by atoms with Gasteiger partial charge in [0.05, 0.1) is 6.61 Å². The monoisotopic (exact) mass is 224 g/mol. The number of phenols is 1. The predicted molar refractivity (Wildman–Crippen MR) is 64.4 cm³/mol. The average molecular weight is 224 g/mol. The van der Waals surface area contributed by atoms with Crippen LogP contribution in [0.4, 0.5) is 0 Å². The molecular weight excluding hydrogens is 204 g/mol. The van der Waals surface area contributed by atoms with E-state index in [-0.39, 0.29) is 11.7 Å². The summed E-state index contributed by atoms with van der Waals surface area (Å²) >= 11 is 0. The fourth-order valence-electron chi connectivity index (χ4n) is 1.14. The minimum absolute atomic E-state index is 0.180. The minimum Gasteiger partial charge on any atom is -0.508 e. The van der Waals surface area contributed by atoms with E-state index in [9.17, 15) is 4.79 Å². The van der Waals surface area contributed by atoms with Gasteiger partial charge < -0.3 is 9.84 Å². The van der Waals surface area contributed by atoms with Crippen LogP contribution >= 0.6 is 0 Å². The Morgan fingerprint density at radius 3 is 2.31 bits per heavy atom. The predicted octanol–water partition coefficient (Wildman–Crippen LogP) is 2.91. The molecule has 0 aliphatic rings. The topological polar surface area (TPSA) is 46.5 Å². The van der Waals surface area contributed by atoms with Crippen molar-refractivity contribution in [2.75, 3.05) is 6.61 Å². The first kappa shape index (κ1) is 14.5. The number of carbonyl (C=O) groups is 1. The van der Waals surface area contributed by atoms with E-state index < -0.39 is 0 Å². The normalized spacial score (nSPS) is 8.94. The maximum Gasteiger partial charge on any atom is 0.306 e. The number of aromatic hydroxyl groups is 1. The third-order valence-electron chi connectivity index (χ3n) is 1.86. The Balaban J connectivity index is 0.00000106. The molecule has 16 heavy (non-hydrogen) atoms. The minimum atomic E-state index is -0.180. The van der Waals surface area contributed by atoms with E-state index in [2.05, 4.69) is 0 Å². The van der Waals surface area contributed by atoms with Crippen LogP contribution in [0.25, 0.3) is 0 Å². The molecule has 0 unspecified atom stereocenters. The van der Waals surface area contributed by atoms with Crippen LogP contribution in [0.3, 0.4) is 0 Å². The molecule has 90 valence electrons. The summed E-state index contributed by atoms with van der Waals surface area (Å²) in [6.45, 7) is 6.22. The van der Waals surface area contributed by atoms with Crippen molar-refractivity contribution >= 4 is 5.97 Å². The van der Waals surface area contributed by atoms with Crippen LogP contribution in [0.5, 0.6) is 5.75 Å². The first-order valence-electron chi connectivity index (χ1n) is 5.66. The van der Waals surface area contributed by atoms with Crippen LogP contribution in [0.15, 0.2) is 24.3 Å². The molecule has 0 amide bonds. The number of carbonyl (C=O) groups excluding carboxylic acids is 1. The van der Waals surface area contributed by atoms with Gasteiger partial charge in [-0.15, -0.1) is 0 Å². The second-order valence-corrected chi connectivity index (χ2v) is 2.97. The summed E-state index contributed by atoms with van der Waals surface area (Å²) in [5, 5.41) is 9.03. The number of hydrogen-bond acceptors (Lipinski definition) is 3. The van der Waals surface area contributed by atoms with E-state index >= 15 is 0 Å². The molecule has 0 bridgehead atoms. The number of rotatable bonds is 4. The lowest BCUT2D eigenvalue weighted by Crippen LogP contribution is -2.04. The van der Waals surface area contributed by atoms with Gasteiger partial charge in [-0.3, -0.25) is 4.79 Å². The van der Waals surface area contributed by atoms with Crippen molar-refractivity contribution in [2.24, 2.45) is 0 Å². The zero-order valence-electron chi connectivity index (χ0n) is 10.2. The Morgan fingerprint density at radius 1 is 1.25 bits per heavy atom. The Bertz CT molecular complexity index is 291. The van der Waals surface area contributed by atoms with Crippen LogP contribution < -0.4 is 0 Å². The van der Waals surface area contributed by atoms with Gasteiger partial charge >= 0.3 is 5.97 Å². The summed E-state index contributed by atoms with van der Waals surface area (Å²) in [6.07, 6.45) is 1.04. The first-order valence-corrected chi connectivity index (χ1v) is 5.66. The van der Waals surface area contributed by atoms with E-state index in [0.29, 0.717) is 19.4 Å². The Labute approximate surface area is 97.1 Å². The van der Waals surface area contributed by atoms with Crippen molar-refractivity contribution in [3.05, 3.63) is 29.8 Å². The maximum atomic E-state index is 11.0. The molecule has 0 atom stereocenters. The highest BCUT2D eigenvalue weighted by Crippen LogP contribution is 2.11. The summed E-state index contributed by atoms with van der Waals surface area (Å²) in [5.41, 5.74) is 1.02. The smallest absolute Gasteiger partial charge is 0.306 e. The van der Waals surface area contributed by atoms with Crippen molar-refractivity contribution < 1.29 is 14.6 Å². The number of aryl methyl sites for hydroxylation is 1. The lowest BCUT2D eigenvalue weighted by Gasteiger charge is -2.02. The van der Waals surface area contributed by atoms with E-state index in [1.807, 2.05) is 13.8 Å². The lowest BCUT2D eigenvalue weighted by molar-refractivity contribution is -0.143. The molecule has 0 heterocycles. The molecule has 0 fully saturated rings. The van der Waals surface area contributed by atoms with Gasteiger partial charge in [0.1, 0.15) is 5.75 Å². The molecule has 3 heteroatoms. The lowest BCUT2D eigenvalue weighted by atomic mass is 10.1. The van der Waals surface area contributed by atoms with Crippen LogP contribution in [-0.2, 0) is 16.0 Å². The number of phenolic OH excluding ortho intramolecular Hbond substituents is 1. The van der Waals surface area contributed by atoms with Crippen molar-refractivity contribution in [3.8, 4) is 5.75 Å². The van der Waals surface area contributed by atoms with Crippen LogP contribution in [0, 0.1) is 0 Å². The Morgan fingerprint density at radius 2 is 1.81 bits per heavy atom. The molecule has 1 aromatic rings. The van der Waals surface area contributed by atoms with Crippen molar-refractivity contribution in [1.82, 2.24) is 0 Å². The van der Waals surface area contributed by atoms with Crippen molar-refractivity contribution in [1.29, 1.82) is 0 Å². The molecule has 0 spiro atoms. The van der Waals surface area contributed by atoms with Gasteiger partial charge in [-0.25, -0.2) is 0 Å². The highest BCUT2D eigenvalue weighted by atomic mass is 16.5. The summed E-state index contributed by atoms with van der Waals surface area (Å²) in [4.78, 5) is 11.0. The average Bonchev–Trinajstić information content (AvgIpc) is 2.31. The van der Waals surface area contributed by atoms with Gasteiger partial charge in [-0.05, 0) is 31.0 Å². The third kappa shape index (κ3) is 6.06. The van der Waals surface area contributed by atoms with Gasteiger partial charge in [-0.1, -0.05) is 26.0 Å². The summed E-state index contributed by atoms with van der Waals surface area (Å²) in [6, 6.07) is 6.82. The maximum absolute atomic E-state index is 11.0. The zero-order chi connectivity index (χ0) is 12.4. The van der Waals surface area contributed by atoms with Gasteiger partial charge in [0.25, 0.3) is 0 Å². The molecule has 0 saturated carbocycles. The molecular formula is C13H20O3. The van der Waals surface area contributed by atoms with Gasteiger partial charge in [0, 0.05) is 6.42 Å². The highest BCUT2D eigenvalue weighted by molar-refractivity contribution is 5.69.